The summed E-state index contributed by atoms with van der Waals surface area (Å²) in [6.07, 6.45) is 1.34. The fourth-order valence-corrected chi connectivity index (χ4v) is 1.98. The van der Waals surface area contributed by atoms with Crippen molar-refractivity contribution < 1.29 is 19.5 Å². The number of benzene rings is 2. The van der Waals surface area contributed by atoms with Crippen LogP contribution in [0, 0.1) is 10.1 Å². The first-order valence-electron chi connectivity index (χ1n) is 6.71. The fourth-order valence-electron chi connectivity index (χ4n) is 1.98. The van der Waals surface area contributed by atoms with Crippen LogP contribution in [0.25, 0.3) is 0 Å². The third kappa shape index (κ3) is 3.97. The molecule has 0 spiro atoms. The Morgan fingerprint density at radius 1 is 1.13 bits per heavy atom. The summed E-state index contributed by atoms with van der Waals surface area (Å²) in [5, 5.41) is 22.4. The number of rotatable bonds is 6. The van der Waals surface area contributed by atoms with E-state index in [1.807, 2.05) is 6.07 Å². The normalized spacial score (nSPS) is 10.7. The largest absolute Gasteiger partial charge is 0.872 e. The van der Waals surface area contributed by atoms with Gasteiger partial charge in [-0.15, -0.1) is 0 Å². The predicted molar refractivity (Wildman–Crippen MR) is 83.4 cm³/mol. The Kier molecular flexibility index (Phi) is 5.14. The maximum absolute atomic E-state index is 11.7. The summed E-state index contributed by atoms with van der Waals surface area (Å²) < 4.78 is 10.3. The molecule has 0 aliphatic heterocycles. The maximum Gasteiger partial charge on any atom is 0.270 e. The van der Waals surface area contributed by atoms with Gasteiger partial charge in [-0.1, -0.05) is 17.9 Å². The van der Waals surface area contributed by atoms with Gasteiger partial charge in [-0.2, -0.15) is 0 Å². The molecule has 0 saturated heterocycles. The smallest absolute Gasteiger partial charge is 0.270 e. The van der Waals surface area contributed by atoms with Gasteiger partial charge in [0.15, 0.2) is 11.5 Å². The van der Waals surface area contributed by atoms with Gasteiger partial charge in [-0.3, -0.25) is 15.1 Å². The van der Waals surface area contributed by atoms with Crippen molar-refractivity contribution in [2.45, 2.75) is 6.54 Å². The van der Waals surface area contributed by atoms with Crippen LogP contribution in [0.2, 0.25) is 0 Å². The van der Waals surface area contributed by atoms with E-state index >= 15 is 0 Å². The number of hydrogen-bond acceptors (Lipinski definition) is 6. The first kappa shape index (κ1) is 16.3. The first-order valence-corrected chi connectivity index (χ1v) is 6.71. The van der Waals surface area contributed by atoms with Crippen LogP contribution in [0.3, 0.4) is 0 Å². The van der Waals surface area contributed by atoms with Crippen molar-refractivity contribution in [3.05, 3.63) is 57.6 Å². The minimum atomic E-state index is -0.550. The van der Waals surface area contributed by atoms with E-state index in [4.69, 9.17) is 9.47 Å². The van der Waals surface area contributed by atoms with Crippen molar-refractivity contribution in [2.24, 2.45) is 4.99 Å². The Morgan fingerprint density at radius 3 is 2.52 bits per heavy atom. The van der Waals surface area contributed by atoms with E-state index in [2.05, 4.69) is 4.99 Å². The zero-order valence-electron chi connectivity index (χ0n) is 12.7. The van der Waals surface area contributed by atoms with E-state index in [0.29, 0.717) is 18.0 Å². The molecule has 23 heavy (non-hydrogen) atoms. The van der Waals surface area contributed by atoms with Gasteiger partial charge in [0.2, 0.25) is 0 Å². The number of ether oxygens (including phenoxy) is 2. The highest BCUT2D eigenvalue weighted by atomic mass is 16.6. The van der Waals surface area contributed by atoms with E-state index in [-0.39, 0.29) is 17.0 Å². The lowest BCUT2D eigenvalue weighted by atomic mass is 10.2. The lowest BCUT2D eigenvalue weighted by Gasteiger charge is -2.09. The summed E-state index contributed by atoms with van der Waals surface area (Å²) in [6, 6.07) is 8.91. The molecule has 0 atom stereocenters. The summed E-state index contributed by atoms with van der Waals surface area (Å²) in [6.45, 7) is 0.308. The topological polar surface area (TPSA) is 97.0 Å². The zero-order valence-corrected chi connectivity index (χ0v) is 12.7. The third-order valence-corrected chi connectivity index (χ3v) is 3.16. The highest BCUT2D eigenvalue weighted by Crippen LogP contribution is 2.27. The predicted octanol–water partition coefficient (Wildman–Crippen LogP) is 2.30. The number of nitro benzene ring substituents is 1. The fraction of sp³-hybridized carbons (Fsp3) is 0.188. The van der Waals surface area contributed by atoms with Gasteiger partial charge in [0.1, 0.15) is 0 Å². The SMILES string of the molecule is COc1ccc(CN=Cc2cc([N+](=O)[O-])ccc2[O-])cc1OC. The average Bonchev–Trinajstić information content (AvgIpc) is 2.56. The summed E-state index contributed by atoms with van der Waals surface area (Å²) in [5.41, 5.74) is 0.897. The Labute approximate surface area is 133 Å². The molecule has 0 heterocycles. The van der Waals surface area contributed by atoms with Crippen LogP contribution in [0.5, 0.6) is 17.2 Å². The van der Waals surface area contributed by atoms with Crippen molar-refractivity contribution in [2.75, 3.05) is 14.2 Å². The molecular weight excluding hydrogens is 300 g/mol. The molecule has 7 heteroatoms. The van der Waals surface area contributed by atoms with Crippen LogP contribution < -0.4 is 14.6 Å². The van der Waals surface area contributed by atoms with Gasteiger partial charge in [0.25, 0.3) is 5.69 Å². The summed E-state index contributed by atoms with van der Waals surface area (Å²) >= 11 is 0. The van der Waals surface area contributed by atoms with E-state index in [0.717, 1.165) is 11.6 Å². The first-order chi connectivity index (χ1) is 11.0. The molecule has 0 unspecified atom stereocenters. The highest BCUT2D eigenvalue weighted by molar-refractivity contribution is 5.84. The number of methoxy groups -OCH3 is 2. The molecule has 0 N–H and O–H groups in total. The second-order valence-electron chi connectivity index (χ2n) is 4.64. The monoisotopic (exact) mass is 315 g/mol. The van der Waals surface area contributed by atoms with Crippen LogP contribution in [0.1, 0.15) is 11.1 Å². The van der Waals surface area contributed by atoms with Crippen LogP contribution in [-0.4, -0.2) is 25.4 Å². The van der Waals surface area contributed by atoms with Gasteiger partial charge < -0.3 is 14.6 Å². The molecule has 2 aromatic carbocycles. The van der Waals surface area contributed by atoms with E-state index in [1.54, 1.807) is 19.2 Å². The second-order valence-corrected chi connectivity index (χ2v) is 4.64. The third-order valence-electron chi connectivity index (χ3n) is 3.16. The Bertz CT molecular complexity index is 743. The van der Waals surface area contributed by atoms with Gasteiger partial charge >= 0.3 is 0 Å². The van der Waals surface area contributed by atoms with Gasteiger partial charge in [0, 0.05) is 18.3 Å². The molecule has 120 valence electrons. The molecule has 0 saturated carbocycles. The second kappa shape index (κ2) is 7.26. The molecular formula is C16H15N2O5-. The maximum atomic E-state index is 11.7. The Balaban J connectivity index is 2.16. The lowest BCUT2D eigenvalue weighted by molar-refractivity contribution is -0.385. The average molecular weight is 315 g/mol. The number of nitrogens with zero attached hydrogens (tertiary/aromatic N) is 2. The Hall–Kier alpha value is -3.09. The zero-order chi connectivity index (χ0) is 16.8. The molecule has 0 bridgehead atoms. The molecule has 0 fully saturated rings. The number of aliphatic imine (C=N–C) groups is 1. The summed E-state index contributed by atoms with van der Waals surface area (Å²) in [4.78, 5) is 14.3. The summed E-state index contributed by atoms with van der Waals surface area (Å²) in [5.74, 6) is 0.882. The number of non-ortho nitro benzene ring substituents is 1. The van der Waals surface area contributed by atoms with Crippen molar-refractivity contribution in [1.82, 2.24) is 0 Å². The van der Waals surface area contributed by atoms with E-state index in [9.17, 15) is 15.2 Å². The molecule has 2 rings (SSSR count). The molecule has 2 aromatic rings. The van der Waals surface area contributed by atoms with Crippen molar-refractivity contribution in [3.8, 4) is 17.2 Å². The quantitative estimate of drug-likeness (QED) is 0.463. The summed E-state index contributed by atoms with van der Waals surface area (Å²) in [7, 11) is 3.09. The van der Waals surface area contributed by atoms with Gasteiger partial charge in [-0.25, -0.2) is 0 Å². The molecule has 0 radical (unpaired) electrons. The van der Waals surface area contributed by atoms with Crippen LogP contribution in [0.15, 0.2) is 41.4 Å². The Morgan fingerprint density at radius 2 is 1.87 bits per heavy atom. The van der Waals surface area contributed by atoms with Gasteiger partial charge in [0.05, 0.1) is 25.7 Å². The molecule has 0 amide bonds. The van der Waals surface area contributed by atoms with Crippen molar-refractivity contribution in [1.29, 1.82) is 0 Å². The minimum absolute atomic E-state index is 0.142. The lowest BCUT2D eigenvalue weighted by Crippen LogP contribution is -1.98. The van der Waals surface area contributed by atoms with E-state index in [1.165, 1.54) is 25.5 Å². The highest BCUT2D eigenvalue weighted by Gasteiger charge is 2.06. The molecule has 7 nitrogen and oxygen atoms in total. The molecule has 0 aliphatic rings. The van der Waals surface area contributed by atoms with Crippen LogP contribution in [0.4, 0.5) is 5.69 Å². The van der Waals surface area contributed by atoms with Crippen molar-refractivity contribution in [3.63, 3.8) is 0 Å². The van der Waals surface area contributed by atoms with E-state index < -0.39 is 4.92 Å². The number of hydrogen-bond donors (Lipinski definition) is 0. The molecule has 0 aliphatic carbocycles. The van der Waals surface area contributed by atoms with Crippen LogP contribution >= 0.6 is 0 Å². The van der Waals surface area contributed by atoms with Crippen molar-refractivity contribution >= 4 is 11.9 Å². The minimum Gasteiger partial charge on any atom is -0.872 e. The standard InChI is InChI=1S/C16H16N2O5/c1-22-15-6-3-11(7-16(15)23-2)9-17-10-12-8-13(18(20)21)4-5-14(12)19/h3-8,10,19H,9H2,1-2H3/p-1. The van der Waals surface area contributed by atoms with Crippen LogP contribution in [-0.2, 0) is 6.54 Å². The molecule has 0 aromatic heterocycles. The number of nitro groups is 1. The van der Waals surface area contributed by atoms with Gasteiger partial charge in [-0.05, 0) is 23.3 Å².